The van der Waals surface area contributed by atoms with Crippen LogP contribution in [-0.4, -0.2) is 35.7 Å². The van der Waals surface area contributed by atoms with Crippen molar-refractivity contribution < 1.29 is 29.0 Å². The van der Waals surface area contributed by atoms with Gasteiger partial charge in [0, 0.05) is 11.1 Å². The topological polar surface area (TPSA) is 97.7 Å². The Hall–Kier alpha value is -3.28. The zero-order valence-electron chi connectivity index (χ0n) is 21.5. The lowest BCUT2D eigenvalue weighted by molar-refractivity contribution is 0.0595. The molecular weight excluding hydrogens is 420 g/mol. The van der Waals surface area contributed by atoms with Gasteiger partial charge in [0.2, 0.25) is 0 Å². The predicted molar refractivity (Wildman–Crippen MR) is 129 cm³/mol. The lowest BCUT2D eigenvalue weighted by atomic mass is 9.87. The minimum Gasteiger partial charge on any atom is -0.478 e. The number of ether oxygens (including phenoxy) is 1. The fourth-order valence-electron chi connectivity index (χ4n) is 4.13. The van der Waals surface area contributed by atoms with Crippen LogP contribution in [0.25, 0.3) is 0 Å². The summed E-state index contributed by atoms with van der Waals surface area (Å²) in [4.78, 5) is 46.3. The number of carboxylic acid groups (broad SMARTS) is 1. The first-order chi connectivity index (χ1) is 15.1. The number of carbonyl (C=O) groups is 4. The normalized spacial score (nSPS) is 10.3. The third-order valence-corrected chi connectivity index (χ3v) is 6.68. The highest BCUT2D eigenvalue weighted by Gasteiger charge is 2.24. The molecule has 0 saturated heterocycles. The van der Waals surface area contributed by atoms with E-state index < -0.39 is 11.9 Å². The molecule has 0 bridgehead atoms. The van der Waals surface area contributed by atoms with Crippen LogP contribution >= 0.6 is 0 Å². The van der Waals surface area contributed by atoms with Crippen molar-refractivity contribution >= 4 is 23.5 Å². The Morgan fingerprint density at radius 2 is 0.788 bits per heavy atom. The maximum Gasteiger partial charge on any atom is 0.338 e. The van der Waals surface area contributed by atoms with E-state index in [1.165, 1.54) is 21.0 Å². The van der Waals surface area contributed by atoms with Gasteiger partial charge in [-0.2, -0.15) is 0 Å². The van der Waals surface area contributed by atoms with Crippen LogP contribution < -0.4 is 0 Å². The maximum atomic E-state index is 11.8. The summed E-state index contributed by atoms with van der Waals surface area (Å²) >= 11 is 0. The molecule has 2 aromatic rings. The standard InChI is InChI=1S/C14H18O3.C13H16O3/c1-7-8(2)10(4)13(14(16)17-6)12(9(7)3)11(5)15;1-6-7(2)9(4)12(13(15)16)11(8(6)3)10(5)14/h1-6H3;1-5H3,(H,15,16). The molecule has 0 spiro atoms. The zero-order valence-corrected chi connectivity index (χ0v) is 21.5. The molecule has 0 aliphatic carbocycles. The molecule has 0 amide bonds. The average Bonchev–Trinajstić information content (AvgIpc) is 2.74. The molecule has 6 heteroatoms. The van der Waals surface area contributed by atoms with E-state index in [1.54, 1.807) is 13.8 Å². The van der Waals surface area contributed by atoms with E-state index in [9.17, 15) is 24.3 Å². The van der Waals surface area contributed by atoms with E-state index >= 15 is 0 Å². The molecule has 0 fully saturated rings. The van der Waals surface area contributed by atoms with Gasteiger partial charge in [-0.3, -0.25) is 9.59 Å². The van der Waals surface area contributed by atoms with Gasteiger partial charge in [-0.1, -0.05) is 0 Å². The fourth-order valence-corrected chi connectivity index (χ4v) is 4.13. The molecule has 2 rings (SSSR count). The number of methoxy groups -OCH3 is 1. The fraction of sp³-hybridized carbons (Fsp3) is 0.407. The SMILES string of the molecule is CC(=O)c1c(C)c(C)c(C)c(C)c1C(=O)O.COC(=O)c1c(C)c(C)c(C)c(C)c1C(C)=O. The van der Waals surface area contributed by atoms with Crippen molar-refractivity contribution in [1.29, 1.82) is 0 Å². The van der Waals surface area contributed by atoms with Crippen LogP contribution in [0.2, 0.25) is 0 Å². The van der Waals surface area contributed by atoms with E-state index in [0.717, 1.165) is 38.9 Å². The molecule has 1 N–H and O–H groups in total. The minimum absolute atomic E-state index is 0.103. The van der Waals surface area contributed by atoms with Crippen LogP contribution in [-0.2, 0) is 4.74 Å². The predicted octanol–water partition coefficient (Wildman–Crippen LogP) is 5.73. The smallest absolute Gasteiger partial charge is 0.338 e. The Balaban J connectivity index is 0.000000331. The lowest BCUT2D eigenvalue weighted by Gasteiger charge is -2.17. The van der Waals surface area contributed by atoms with Gasteiger partial charge in [-0.05, 0) is 114 Å². The molecule has 0 aliphatic rings. The highest BCUT2D eigenvalue weighted by molar-refractivity contribution is 6.08. The van der Waals surface area contributed by atoms with Gasteiger partial charge in [-0.15, -0.1) is 0 Å². The summed E-state index contributed by atoms with van der Waals surface area (Å²) in [5.41, 5.74) is 8.54. The van der Waals surface area contributed by atoms with Crippen LogP contribution in [0, 0.1) is 55.4 Å². The highest BCUT2D eigenvalue weighted by atomic mass is 16.5. The highest BCUT2D eigenvalue weighted by Crippen LogP contribution is 2.28. The van der Waals surface area contributed by atoms with Crippen LogP contribution in [0.3, 0.4) is 0 Å². The van der Waals surface area contributed by atoms with Gasteiger partial charge >= 0.3 is 11.9 Å². The van der Waals surface area contributed by atoms with Crippen molar-refractivity contribution in [2.45, 2.75) is 69.2 Å². The average molecular weight is 455 g/mol. The zero-order chi connectivity index (χ0) is 25.9. The van der Waals surface area contributed by atoms with Gasteiger partial charge in [0.1, 0.15) is 0 Å². The van der Waals surface area contributed by atoms with Crippen molar-refractivity contribution in [2.75, 3.05) is 7.11 Å². The summed E-state index contributed by atoms with van der Waals surface area (Å²) in [6.07, 6.45) is 0. The summed E-state index contributed by atoms with van der Waals surface area (Å²) in [5, 5.41) is 9.18. The number of benzene rings is 2. The lowest BCUT2D eigenvalue weighted by Crippen LogP contribution is -2.15. The van der Waals surface area contributed by atoms with Crippen molar-refractivity contribution in [1.82, 2.24) is 0 Å². The minimum atomic E-state index is -1.03. The number of carboxylic acids is 1. The Bertz CT molecular complexity index is 1120. The maximum absolute atomic E-state index is 11.8. The first kappa shape index (κ1) is 27.8. The Morgan fingerprint density at radius 3 is 1.06 bits per heavy atom. The summed E-state index contributed by atoms with van der Waals surface area (Å²) < 4.78 is 4.77. The van der Waals surface area contributed by atoms with Crippen molar-refractivity contribution in [3.63, 3.8) is 0 Å². The summed E-state index contributed by atoms with van der Waals surface area (Å²) in [7, 11) is 1.33. The van der Waals surface area contributed by atoms with Crippen LogP contribution in [0.4, 0.5) is 0 Å². The number of hydrogen-bond acceptors (Lipinski definition) is 5. The summed E-state index contributed by atoms with van der Waals surface area (Å²) in [6.45, 7) is 17.9. The van der Waals surface area contributed by atoms with Crippen molar-refractivity contribution in [3.8, 4) is 0 Å². The van der Waals surface area contributed by atoms with Gasteiger partial charge in [0.25, 0.3) is 0 Å². The van der Waals surface area contributed by atoms with E-state index in [1.807, 2.05) is 41.5 Å². The second-order valence-corrected chi connectivity index (χ2v) is 8.41. The second kappa shape index (κ2) is 10.6. The number of ketones is 2. The van der Waals surface area contributed by atoms with E-state index in [4.69, 9.17) is 4.74 Å². The molecule has 0 aliphatic heterocycles. The van der Waals surface area contributed by atoms with Crippen LogP contribution in [0.1, 0.15) is 99.8 Å². The summed E-state index contributed by atoms with van der Waals surface area (Å²) in [5.74, 6) is -1.77. The molecule has 0 saturated carbocycles. The molecule has 2 aromatic carbocycles. The monoisotopic (exact) mass is 454 g/mol. The molecule has 33 heavy (non-hydrogen) atoms. The Kier molecular flexibility index (Phi) is 8.88. The van der Waals surface area contributed by atoms with Crippen molar-refractivity contribution in [3.05, 3.63) is 66.8 Å². The third kappa shape index (κ3) is 5.21. The number of Topliss-reactive ketones (excluding diaryl/α,β-unsaturated/α-hetero) is 2. The number of hydrogen-bond donors (Lipinski definition) is 1. The first-order valence-electron chi connectivity index (χ1n) is 10.7. The third-order valence-electron chi connectivity index (χ3n) is 6.68. The largest absolute Gasteiger partial charge is 0.478 e. The summed E-state index contributed by atoms with van der Waals surface area (Å²) in [6, 6.07) is 0. The van der Waals surface area contributed by atoms with Gasteiger partial charge < -0.3 is 9.84 Å². The molecule has 0 radical (unpaired) electrons. The molecule has 0 atom stereocenters. The van der Waals surface area contributed by atoms with Crippen LogP contribution in [0.15, 0.2) is 0 Å². The second-order valence-electron chi connectivity index (χ2n) is 8.41. The number of aromatic carboxylic acids is 1. The number of carbonyl (C=O) groups excluding carboxylic acids is 3. The number of rotatable bonds is 4. The van der Waals surface area contributed by atoms with E-state index in [2.05, 4.69) is 0 Å². The number of esters is 1. The quantitative estimate of drug-likeness (QED) is 0.468. The van der Waals surface area contributed by atoms with Crippen LogP contribution in [0.5, 0.6) is 0 Å². The Labute approximate surface area is 196 Å². The molecule has 0 aromatic heterocycles. The first-order valence-corrected chi connectivity index (χ1v) is 10.7. The van der Waals surface area contributed by atoms with E-state index in [-0.39, 0.29) is 17.1 Å². The molecule has 0 heterocycles. The molecule has 0 unspecified atom stereocenters. The van der Waals surface area contributed by atoms with Gasteiger partial charge in [-0.25, -0.2) is 9.59 Å². The Morgan fingerprint density at radius 1 is 0.515 bits per heavy atom. The molecule has 6 nitrogen and oxygen atoms in total. The van der Waals surface area contributed by atoms with Gasteiger partial charge in [0.15, 0.2) is 11.6 Å². The van der Waals surface area contributed by atoms with E-state index in [0.29, 0.717) is 22.3 Å². The molecule has 178 valence electrons. The van der Waals surface area contributed by atoms with Crippen molar-refractivity contribution in [2.24, 2.45) is 0 Å². The molecular formula is C27H34O6. The van der Waals surface area contributed by atoms with Gasteiger partial charge in [0.05, 0.1) is 18.2 Å².